The molecule has 1 unspecified atom stereocenters. The molecule has 6 nitrogen and oxygen atoms in total. The molecule has 0 aromatic rings. The lowest BCUT2D eigenvalue weighted by atomic mass is 10.0. The average Bonchev–Trinajstić information content (AvgIpc) is 3.47. The summed E-state index contributed by atoms with van der Waals surface area (Å²) in [4.78, 5) is 38.3. The molecule has 0 aliphatic carbocycles. The van der Waals surface area contributed by atoms with Crippen LogP contribution in [0.1, 0.15) is 303 Å². The van der Waals surface area contributed by atoms with E-state index in [-0.39, 0.29) is 37.5 Å². The van der Waals surface area contributed by atoms with Gasteiger partial charge in [-0.05, 0) is 109 Å². The highest BCUT2D eigenvalue weighted by Crippen LogP contribution is 2.16. The van der Waals surface area contributed by atoms with Crippen LogP contribution >= 0.6 is 0 Å². The minimum atomic E-state index is -0.812. The normalized spacial score (nSPS) is 13.0. The predicted octanol–water partition coefficient (Wildman–Crippen LogP) is 23.3. The highest BCUT2D eigenvalue weighted by Gasteiger charge is 2.19. The van der Waals surface area contributed by atoms with E-state index in [4.69, 9.17) is 14.2 Å². The third kappa shape index (κ3) is 66.2. The largest absolute Gasteiger partial charge is 0.462 e. The van der Waals surface area contributed by atoms with Crippen LogP contribution in [0.3, 0.4) is 0 Å². The van der Waals surface area contributed by atoms with Gasteiger partial charge in [-0.1, -0.05) is 309 Å². The predicted molar refractivity (Wildman–Crippen MR) is 353 cm³/mol. The molecule has 0 aliphatic heterocycles. The van der Waals surface area contributed by atoms with E-state index in [1.165, 1.54) is 141 Å². The van der Waals surface area contributed by atoms with Crippen LogP contribution in [0.5, 0.6) is 0 Å². The summed E-state index contributed by atoms with van der Waals surface area (Å²) in [5, 5.41) is 0. The van der Waals surface area contributed by atoms with E-state index in [2.05, 4.69) is 154 Å². The summed E-state index contributed by atoms with van der Waals surface area (Å²) in [6.45, 7) is 6.39. The molecule has 0 radical (unpaired) electrons. The van der Waals surface area contributed by atoms with Crippen molar-refractivity contribution in [1.82, 2.24) is 0 Å². The second kappa shape index (κ2) is 68.1. The quantitative estimate of drug-likeness (QED) is 0.0261. The molecule has 0 aromatic carbocycles. The van der Waals surface area contributed by atoms with Gasteiger partial charge in [0.05, 0.1) is 0 Å². The molecule has 0 fully saturated rings. The van der Waals surface area contributed by atoms with Crippen molar-refractivity contribution in [3.05, 3.63) is 134 Å². The minimum Gasteiger partial charge on any atom is -0.462 e. The number of unbranched alkanes of at least 4 members (excludes halogenated alkanes) is 27. The lowest BCUT2D eigenvalue weighted by Gasteiger charge is -2.18. The number of allylic oxidation sites excluding steroid dienone is 22. The van der Waals surface area contributed by atoms with Crippen molar-refractivity contribution in [1.29, 1.82) is 0 Å². The Morgan fingerprint density at radius 2 is 0.494 bits per heavy atom. The molecule has 460 valence electrons. The van der Waals surface area contributed by atoms with Crippen LogP contribution in [-0.4, -0.2) is 37.2 Å². The van der Waals surface area contributed by atoms with E-state index in [1.807, 2.05) is 0 Å². The Kier molecular flexibility index (Phi) is 64.3. The Morgan fingerprint density at radius 1 is 0.259 bits per heavy atom. The molecule has 0 amide bonds. The molecule has 0 aromatic heterocycles. The highest BCUT2D eigenvalue weighted by molar-refractivity contribution is 5.71. The number of ether oxygens (including phenoxy) is 3. The third-order valence-electron chi connectivity index (χ3n) is 14.2. The fourth-order valence-corrected chi connectivity index (χ4v) is 9.19. The zero-order valence-corrected chi connectivity index (χ0v) is 52.8. The van der Waals surface area contributed by atoms with Crippen molar-refractivity contribution >= 4 is 17.9 Å². The molecule has 1 atom stereocenters. The minimum absolute atomic E-state index is 0.101. The monoisotopic (exact) mass is 1120 g/mol. The van der Waals surface area contributed by atoms with Crippen LogP contribution in [0, 0.1) is 0 Å². The Bertz CT molecular complexity index is 1720. The number of rotatable bonds is 60. The van der Waals surface area contributed by atoms with Crippen molar-refractivity contribution < 1.29 is 28.6 Å². The molecular weight excluding hydrogens is 997 g/mol. The van der Waals surface area contributed by atoms with Crippen LogP contribution in [0.4, 0.5) is 0 Å². The molecule has 0 heterocycles. The molecule has 0 N–H and O–H groups in total. The first-order valence-electron chi connectivity index (χ1n) is 33.7. The summed E-state index contributed by atoms with van der Waals surface area (Å²) >= 11 is 0. The lowest BCUT2D eigenvalue weighted by Crippen LogP contribution is -2.30. The van der Waals surface area contributed by atoms with Crippen LogP contribution in [0.2, 0.25) is 0 Å². The summed E-state index contributed by atoms with van der Waals surface area (Å²) in [5.41, 5.74) is 0. The first-order valence-corrected chi connectivity index (χ1v) is 33.7. The van der Waals surface area contributed by atoms with Gasteiger partial charge in [-0.2, -0.15) is 0 Å². The number of carbonyl (C=O) groups excluding carboxylic acids is 3. The van der Waals surface area contributed by atoms with Crippen molar-refractivity contribution in [2.45, 2.75) is 309 Å². The Labute approximate surface area is 500 Å². The van der Waals surface area contributed by atoms with E-state index >= 15 is 0 Å². The molecule has 0 saturated carbocycles. The summed E-state index contributed by atoms with van der Waals surface area (Å²) in [5.74, 6) is -0.954. The summed E-state index contributed by atoms with van der Waals surface area (Å²) < 4.78 is 16.9. The SMILES string of the molecule is CC/C=C\C/C=C\C/C=C\C/C=C\C/C=C\C/C=C\CCCCCCCCCCCCCCC(=O)OCC(COC(=O)CCCCCCCCCCCCCCCCC)OC(=O)CCC/C=C\C/C=C\C/C=C\C/C=C\C/C=C\CC. The second-order valence-electron chi connectivity index (χ2n) is 22.0. The van der Waals surface area contributed by atoms with Gasteiger partial charge in [0.2, 0.25) is 0 Å². The molecule has 0 saturated heterocycles. The fourth-order valence-electron chi connectivity index (χ4n) is 9.19. The van der Waals surface area contributed by atoms with E-state index in [9.17, 15) is 14.4 Å². The highest BCUT2D eigenvalue weighted by atomic mass is 16.6. The van der Waals surface area contributed by atoms with E-state index in [0.717, 1.165) is 116 Å². The van der Waals surface area contributed by atoms with Crippen molar-refractivity contribution in [2.75, 3.05) is 13.2 Å². The zero-order chi connectivity index (χ0) is 58.5. The number of hydrogen-bond acceptors (Lipinski definition) is 6. The first-order chi connectivity index (χ1) is 40.0. The Hall–Kier alpha value is -4.45. The van der Waals surface area contributed by atoms with Crippen LogP contribution in [0.25, 0.3) is 0 Å². The van der Waals surface area contributed by atoms with Gasteiger partial charge in [-0.15, -0.1) is 0 Å². The van der Waals surface area contributed by atoms with Crippen LogP contribution < -0.4 is 0 Å². The molecular formula is C75H124O6. The summed E-state index contributed by atoms with van der Waals surface area (Å²) in [6.07, 6.45) is 96.2. The van der Waals surface area contributed by atoms with Gasteiger partial charge in [0.1, 0.15) is 13.2 Å². The summed E-state index contributed by atoms with van der Waals surface area (Å²) in [7, 11) is 0. The van der Waals surface area contributed by atoms with Gasteiger partial charge in [0, 0.05) is 19.3 Å². The number of carbonyl (C=O) groups is 3. The maximum atomic E-state index is 12.9. The molecule has 0 rings (SSSR count). The molecule has 6 heteroatoms. The average molecular weight is 1120 g/mol. The number of esters is 3. The first kappa shape index (κ1) is 76.5. The Morgan fingerprint density at radius 3 is 0.790 bits per heavy atom. The van der Waals surface area contributed by atoms with Crippen molar-refractivity contribution in [3.63, 3.8) is 0 Å². The molecule has 0 spiro atoms. The van der Waals surface area contributed by atoms with Gasteiger partial charge >= 0.3 is 17.9 Å². The van der Waals surface area contributed by atoms with E-state index < -0.39 is 6.10 Å². The lowest BCUT2D eigenvalue weighted by molar-refractivity contribution is -0.167. The van der Waals surface area contributed by atoms with Gasteiger partial charge in [0.25, 0.3) is 0 Å². The maximum absolute atomic E-state index is 12.9. The molecule has 0 bridgehead atoms. The third-order valence-corrected chi connectivity index (χ3v) is 14.2. The number of hydrogen-bond donors (Lipinski definition) is 0. The van der Waals surface area contributed by atoms with Crippen LogP contribution in [-0.2, 0) is 28.6 Å². The van der Waals surface area contributed by atoms with Crippen molar-refractivity contribution in [3.8, 4) is 0 Å². The maximum Gasteiger partial charge on any atom is 0.306 e. The molecule has 0 aliphatic rings. The van der Waals surface area contributed by atoms with Gasteiger partial charge in [-0.3, -0.25) is 14.4 Å². The fraction of sp³-hybridized carbons (Fsp3) is 0.667. The van der Waals surface area contributed by atoms with Gasteiger partial charge < -0.3 is 14.2 Å². The summed E-state index contributed by atoms with van der Waals surface area (Å²) in [6, 6.07) is 0. The van der Waals surface area contributed by atoms with E-state index in [1.54, 1.807) is 0 Å². The van der Waals surface area contributed by atoms with Gasteiger partial charge in [0.15, 0.2) is 6.10 Å². The van der Waals surface area contributed by atoms with Crippen molar-refractivity contribution in [2.24, 2.45) is 0 Å². The second-order valence-corrected chi connectivity index (χ2v) is 22.0. The Balaban J connectivity index is 4.33. The standard InChI is InChI=1S/C75H124O6/c1-4-7-10-13-16-19-22-25-28-30-31-32-33-34-35-36-37-38-39-40-41-42-43-45-47-50-53-56-59-62-65-68-74(77)80-71-72(70-79-73(76)67-64-61-58-55-52-49-46-27-24-21-18-15-12-9-6-3)81-75(78)69-66-63-60-57-54-51-48-44-29-26-23-20-17-14-11-8-5-2/h7-8,10-11,16-17,19-20,25-26,28-29,31-32,34-35,37-38,48,51,57,60,72H,4-6,9,12-15,18,21-24,27,30,33,36,39-47,49-50,52-56,58-59,61-71H2,1-3H3/b10-7-,11-8-,19-16-,20-17-,28-25-,29-26-,32-31-,35-34-,38-37-,51-48-,60-57-. The molecule has 81 heavy (non-hydrogen) atoms. The van der Waals surface area contributed by atoms with Gasteiger partial charge in [-0.25, -0.2) is 0 Å². The zero-order valence-electron chi connectivity index (χ0n) is 52.8. The van der Waals surface area contributed by atoms with Crippen LogP contribution in [0.15, 0.2) is 134 Å². The van der Waals surface area contributed by atoms with E-state index in [0.29, 0.717) is 19.3 Å². The smallest absolute Gasteiger partial charge is 0.306 e. The topological polar surface area (TPSA) is 78.9 Å².